The first-order chi connectivity index (χ1) is 15.2. The number of nitrogens with one attached hydrogen (secondary N) is 1. The predicted octanol–water partition coefficient (Wildman–Crippen LogP) is 3.68. The van der Waals surface area contributed by atoms with E-state index in [1.165, 1.54) is 18.2 Å². The highest BCUT2D eigenvalue weighted by Gasteiger charge is 2.61. The Labute approximate surface area is 189 Å². The number of carbonyl (C=O) groups is 3. The van der Waals surface area contributed by atoms with Crippen molar-refractivity contribution in [2.24, 2.45) is 5.41 Å². The maximum absolute atomic E-state index is 14.0. The lowest BCUT2D eigenvalue weighted by molar-refractivity contribution is -0.384. The smallest absolute Gasteiger partial charge is 0.335 e. The van der Waals surface area contributed by atoms with Crippen LogP contribution < -0.4 is 15.1 Å². The van der Waals surface area contributed by atoms with Crippen molar-refractivity contribution in [3.63, 3.8) is 0 Å². The van der Waals surface area contributed by atoms with Gasteiger partial charge in [-0.3, -0.25) is 25.0 Å². The third kappa shape index (κ3) is 3.12. The Balaban J connectivity index is 1.91. The van der Waals surface area contributed by atoms with Gasteiger partial charge in [0.25, 0.3) is 11.6 Å². The normalized spacial score (nSPS) is 22.7. The Morgan fingerprint density at radius 1 is 1.19 bits per heavy atom. The molecule has 1 N–H and O–H groups in total. The van der Waals surface area contributed by atoms with E-state index in [-0.39, 0.29) is 22.8 Å². The molecule has 4 rings (SSSR count). The third-order valence-electron chi connectivity index (χ3n) is 6.23. The highest BCUT2D eigenvalue weighted by molar-refractivity contribution is 6.37. The van der Waals surface area contributed by atoms with Gasteiger partial charge >= 0.3 is 6.03 Å². The van der Waals surface area contributed by atoms with E-state index >= 15 is 0 Å². The Kier molecular flexibility index (Phi) is 5.37. The molecule has 2 aromatic rings. The van der Waals surface area contributed by atoms with Crippen molar-refractivity contribution < 1.29 is 19.3 Å². The average Bonchev–Trinajstić information content (AvgIpc) is 2.75. The van der Waals surface area contributed by atoms with E-state index < -0.39 is 34.2 Å². The molecule has 2 aliphatic heterocycles. The van der Waals surface area contributed by atoms with E-state index in [1.54, 1.807) is 31.3 Å². The van der Waals surface area contributed by atoms with Gasteiger partial charge < -0.3 is 4.90 Å². The second kappa shape index (κ2) is 7.90. The molecule has 166 valence electrons. The number of rotatable bonds is 4. The second-order valence-electron chi connectivity index (χ2n) is 7.98. The van der Waals surface area contributed by atoms with Crippen LogP contribution in [0.1, 0.15) is 25.3 Å². The number of nitro groups is 1. The summed E-state index contributed by atoms with van der Waals surface area (Å²) in [6.07, 6.45) is 1.11. The summed E-state index contributed by atoms with van der Waals surface area (Å²) in [5.41, 5.74) is -0.414. The van der Waals surface area contributed by atoms with Crippen molar-refractivity contribution in [1.82, 2.24) is 5.32 Å². The van der Waals surface area contributed by atoms with Crippen LogP contribution in [0.15, 0.2) is 42.5 Å². The third-order valence-corrected chi connectivity index (χ3v) is 6.55. The van der Waals surface area contributed by atoms with E-state index in [9.17, 15) is 24.5 Å². The number of para-hydroxylation sites is 1. The van der Waals surface area contributed by atoms with E-state index in [2.05, 4.69) is 5.32 Å². The van der Waals surface area contributed by atoms with Gasteiger partial charge in [-0.1, -0.05) is 37.1 Å². The molecule has 0 saturated carbocycles. The SMILES string of the molecule is CCC[C@H]1N(C)c2ccc([N+](=O)[O-])cc2C[C@@]12C(=O)NC(=O)N(c1ccccc1Cl)C2=O. The van der Waals surface area contributed by atoms with Gasteiger partial charge in [0.05, 0.1) is 21.7 Å². The van der Waals surface area contributed by atoms with Crippen molar-refractivity contribution in [2.75, 3.05) is 16.8 Å². The molecule has 10 heteroatoms. The Hall–Kier alpha value is -3.46. The fraction of sp³-hybridized carbons (Fsp3) is 0.318. The number of barbiturate groups is 1. The molecule has 32 heavy (non-hydrogen) atoms. The molecule has 4 amide bonds. The molecule has 0 bridgehead atoms. The van der Waals surface area contributed by atoms with Crippen LogP contribution in [0.3, 0.4) is 0 Å². The van der Waals surface area contributed by atoms with Gasteiger partial charge in [-0.2, -0.15) is 0 Å². The van der Waals surface area contributed by atoms with Crippen LogP contribution in [-0.4, -0.2) is 35.9 Å². The average molecular weight is 457 g/mol. The summed E-state index contributed by atoms with van der Waals surface area (Å²) in [5.74, 6) is -1.40. The molecule has 0 aliphatic carbocycles. The van der Waals surface area contributed by atoms with E-state index in [0.29, 0.717) is 24.1 Å². The number of urea groups is 1. The van der Waals surface area contributed by atoms with Crippen molar-refractivity contribution in [2.45, 2.75) is 32.2 Å². The number of amides is 4. The van der Waals surface area contributed by atoms with Gasteiger partial charge in [-0.15, -0.1) is 0 Å². The van der Waals surface area contributed by atoms with Crippen LogP contribution in [0.25, 0.3) is 0 Å². The summed E-state index contributed by atoms with van der Waals surface area (Å²) in [4.78, 5) is 53.6. The zero-order chi connectivity index (χ0) is 23.2. The lowest BCUT2D eigenvalue weighted by atomic mass is 9.67. The Morgan fingerprint density at radius 2 is 1.91 bits per heavy atom. The number of nitrogens with zero attached hydrogens (tertiary/aromatic N) is 3. The molecule has 1 spiro atoms. The minimum Gasteiger partial charge on any atom is -0.370 e. The largest absolute Gasteiger partial charge is 0.370 e. The van der Waals surface area contributed by atoms with Crippen LogP contribution in [0.5, 0.6) is 0 Å². The number of carbonyl (C=O) groups excluding carboxylic acids is 3. The number of anilines is 2. The number of imide groups is 2. The van der Waals surface area contributed by atoms with Crippen molar-refractivity contribution in [3.05, 3.63) is 63.2 Å². The minimum atomic E-state index is -1.65. The predicted molar refractivity (Wildman–Crippen MR) is 119 cm³/mol. The molecule has 1 fully saturated rings. The van der Waals surface area contributed by atoms with Crippen LogP contribution in [0.2, 0.25) is 5.02 Å². The molecule has 0 radical (unpaired) electrons. The van der Waals surface area contributed by atoms with Crippen LogP contribution in [0.4, 0.5) is 21.9 Å². The maximum Gasteiger partial charge on any atom is 0.335 e. The number of non-ortho nitro benzene ring substituents is 1. The summed E-state index contributed by atoms with van der Waals surface area (Å²) in [5, 5.41) is 13.8. The van der Waals surface area contributed by atoms with Gasteiger partial charge in [-0.25, -0.2) is 9.69 Å². The second-order valence-corrected chi connectivity index (χ2v) is 8.39. The van der Waals surface area contributed by atoms with Gasteiger partial charge in [0.1, 0.15) is 0 Å². The van der Waals surface area contributed by atoms with Gasteiger partial charge in [-0.05, 0) is 30.2 Å². The number of hydrogen-bond donors (Lipinski definition) is 1. The standard InChI is InChI=1S/C22H21ClN4O5/c1-3-6-18-22(12-13-11-14(27(31)32)9-10-16(13)25(18)2)19(28)24-21(30)26(20(22)29)17-8-5-4-7-15(17)23/h4-5,7-11,18H,3,6,12H2,1-2H3,(H,24,28,30)/t18-,22+/m1/s1. The first-order valence-corrected chi connectivity index (χ1v) is 10.5. The quantitative estimate of drug-likeness (QED) is 0.426. The molecule has 2 aromatic carbocycles. The van der Waals surface area contributed by atoms with E-state index in [1.807, 2.05) is 11.8 Å². The van der Waals surface area contributed by atoms with Crippen molar-refractivity contribution in [3.8, 4) is 0 Å². The molecule has 0 aromatic heterocycles. The number of benzene rings is 2. The zero-order valence-corrected chi connectivity index (χ0v) is 18.3. The fourth-order valence-corrected chi connectivity index (χ4v) is 4.98. The molecule has 9 nitrogen and oxygen atoms in total. The lowest BCUT2D eigenvalue weighted by Crippen LogP contribution is -2.72. The highest BCUT2D eigenvalue weighted by atomic mass is 35.5. The minimum absolute atomic E-state index is 0.0715. The maximum atomic E-state index is 14.0. The van der Waals surface area contributed by atoms with Crippen molar-refractivity contribution in [1.29, 1.82) is 0 Å². The zero-order valence-electron chi connectivity index (χ0n) is 17.5. The first kappa shape index (κ1) is 21.8. The van der Waals surface area contributed by atoms with Crippen LogP contribution in [0, 0.1) is 15.5 Å². The van der Waals surface area contributed by atoms with Crippen molar-refractivity contribution >= 4 is 46.5 Å². The Morgan fingerprint density at radius 3 is 2.56 bits per heavy atom. The molecule has 2 atom stereocenters. The molecule has 0 unspecified atom stereocenters. The molecular formula is C22H21ClN4O5. The summed E-state index contributed by atoms with van der Waals surface area (Å²) in [6.45, 7) is 1.94. The first-order valence-electron chi connectivity index (χ1n) is 10.2. The van der Waals surface area contributed by atoms with Gasteiger partial charge in [0.2, 0.25) is 5.91 Å². The number of halogens is 1. The monoisotopic (exact) mass is 456 g/mol. The summed E-state index contributed by atoms with van der Waals surface area (Å²) < 4.78 is 0. The lowest BCUT2D eigenvalue weighted by Gasteiger charge is -2.50. The van der Waals surface area contributed by atoms with E-state index in [0.717, 1.165) is 4.90 Å². The highest BCUT2D eigenvalue weighted by Crippen LogP contribution is 2.47. The van der Waals surface area contributed by atoms with Crippen LogP contribution >= 0.6 is 11.6 Å². The summed E-state index contributed by atoms with van der Waals surface area (Å²) >= 11 is 6.27. The van der Waals surface area contributed by atoms with Gasteiger partial charge in [0.15, 0.2) is 5.41 Å². The molecule has 1 saturated heterocycles. The topological polar surface area (TPSA) is 113 Å². The number of fused-ring (bicyclic) bond motifs is 1. The number of hydrogen-bond acceptors (Lipinski definition) is 6. The number of nitro benzene ring substituents is 1. The van der Waals surface area contributed by atoms with Gasteiger partial charge in [0, 0.05) is 31.3 Å². The van der Waals surface area contributed by atoms with Crippen LogP contribution in [-0.2, 0) is 16.0 Å². The Bertz CT molecular complexity index is 1150. The molecular weight excluding hydrogens is 436 g/mol. The summed E-state index contributed by atoms with van der Waals surface area (Å²) in [7, 11) is 1.75. The summed E-state index contributed by atoms with van der Waals surface area (Å²) in [6, 6.07) is 9.37. The molecule has 2 aliphatic rings. The fourth-order valence-electron chi connectivity index (χ4n) is 4.76. The molecule has 2 heterocycles. The van der Waals surface area contributed by atoms with E-state index in [4.69, 9.17) is 11.6 Å².